The van der Waals surface area contributed by atoms with Crippen LogP contribution in [-0.4, -0.2) is 9.78 Å². The zero-order chi connectivity index (χ0) is 11.8. The second kappa shape index (κ2) is 3.59. The fraction of sp³-hybridized carbons (Fsp3) is 0.0769. The summed E-state index contributed by atoms with van der Waals surface area (Å²) in [5, 5.41) is 4.52. The van der Waals surface area contributed by atoms with Gasteiger partial charge in [-0.3, -0.25) is 4.79 Å². The molecule has 84 valence electrons. The molecule has 0 unspecified atom stereocenters. The molecule has 0 aliphatic carbocycles. The minimum absolute atomic E-state index is 0.0711. The minimum atomic E-state index is -0.0711. The van der Waals surface area contributed by atoms with E-state index in [9.17, 15) is 4.79 Å². The predicted octanol–water partition coefficient (Wildman–Crippen LogP) is 2.19. The van der Waals surface area contributed by atoms with E-state index >= 15 is 0 Å². The molecule has 0 amide bonds. The van der Waals surface area contributed by atoms with E-state index in [-0.39, 0.29) is 5.43 Å². The molecule has 3 rings (SSSR count). The summed E-state index contributed by atoms with van der Waals surface area (Å²) in [6, 6.07) is 11.0. The number of aryl methyl sites for hydroxylation is 1. The van der Waals surface area contributed by atoms with E-state index in [1.165, 1.54) is 12.3 Å². The second-order valence-corrected chi connectivity index (χ2v) is 3.83. The average molecular weight is 226 g/mol. The Bertz CT molecular complexity index is 726. The van der Waals surface area contributed by atoms with Crippen molar-refractivity contribution < 1.29 is 4.42 Å². The van der Waals surface area contributed by atoms with Crippen LogP contribution in [0.5, 0.6) is 0 Å². The topological polar surface area (TPSA) is 48.0 Å². The highest BCUT2D eigenvalue weighted by atomic mass is 16.3. The van der Waals surface area contributed by atoms with E-state index in [1.54, 1.807) is 11.7 Å². The summed E-state index contributed by atoms with van der Waals surface area (Å²) < 4.78 is 7.26. The van der Waals surface area contributed by atoms with Crippen molar-refractivity contribution in [1.29, 1.82) is 0 Å². The van der Waals surface area contributed by atoms with Gasteiger partial charge in [0.15, 0.2) is 5.43 Å². The Hall–Kier alpha value is -2.36. The van der Waals surface area contributed by atoms with Gasteiger partial charge in [-0.2, -0.15) is 5.10 Å². The molecular weight excluding hydrogens is 216 g/mol. The summed E-state index contributed by atoms with van der Waals surface area (Å²) in [5.74, 6) is 0.562. The molecule has 0 aliphatic rings. The first-order chi connectivity index (χ1) is 8.25. The molecule has 2 aromatic heterocycles. The van der Waals surface area contributed by atoms with Gasteiger partial charge >= 0.3 is 0 Å². The number of aromatic nitrogens is 2. The maximum Gasteiger partial charge on any atom is 0.228 e. The van der Waals surface area contributed by atoms with Crippen molar-refractivity contribution in [3.63, 3.8) is 0 Å². The molecule has 3 aromatic rings. The van der Waals surface area contributed by atoms with Gasteiger partial charge in [-0.1, -0.05) is 30.3 Å². The predicted molar refractivity (Wildman–Crippen MR) is 64.7 cm³/mol. The van der Waals surface area contributed by atoms with Gasteiger partial charge in [-0.15, -0.1) is 0 Å². The van der Waals surface area contributed by atoms with Gasteiger partial charge < -0.3 is 4.42 Å². The highest BCUT2D eigenvalue weighted by Gasteiger charge is 2.09. The van der Waals surface area contributed by atoms with Crippen LogP contribution in [0.1, 0.15) is 0 Å². The Balaban J connectivity index is 2.32. The van der Waals surface area contributed by atoms with Crippen LogP contribution >= 0.6 is 0 Å². The molecule has 17 heavy (non-hydrogen) atoms. The molecule has 0 saturated carbocycles. The molecule has 2 heterocycles. The Morgan fingerprint density at radius 2 is 2.00 bits per heavy atom. The molecule has 0 N–H and O–H groups in total. The summed E-state index contributed by atoms with van der Waals surface area (Å²) in [6.07, 6.45) is 1.52. The third kappa shape index (κ3) is 1.54. The summed E-state index contributed by atoms with van der Waals surface area (Å²) >= 11 is 0. The van der Waals surface area contributed by atoms with Crippen molar-refractivity contribution >= 4 is 11.1 Å². The van der Waals surface area contributed by atoms with Gasteiger partial charge in [0.25, 0.3) is 0 Å². The number of benzene rings is 1. The monoisotopic (exact) mass is 226 g/mol. The fourth-order valence-electron chi connectivity index (χ4n) is 1.79. The molecule has 0 spiro atoms. The first-order valence-electron chi connectivity index (χ1n) is 5.27. The molecule has 0 saturated heterocycles. The van der Waals surface area contributed by atoms with Crippen molar-refractivity contribution in [2.24, 2.45) is 7.05 Å². The second-order valence-electron chi connectivity index (χ2n) is 3.83. The van der Waals surface area contributed by atoms with Crippen LogP contribution in [0.2, 0.25) is 0 Å². The molecule has 4 heteroatoms. The summed E-state index contributed by atoms with van der Waals surface area (Å²) in [7, 11) is 1.75. The van der Waals surface area contributed by atoms with E-state index < -0.39 is 0 Å². The van der Waals surface area contributed by atoms with E-state index in [0.717, 1.165) is 5.56 Å². The number of hydrogen-bond donors (Lipinski definition) is 0. The molecule has 1 aromatic carbocycles. The third-order valence-electron chi connectivity index (χ3n) is 2.68. The van der Waals surface area contributed by atoms with Crippen molar-refractivity contribution in [3.8, 4) is 11.3 Å². The largest absolute Gasteiger partial charge is 0.438 e. The molecular formula is C13H10N2O2. The van der Waals surface area contributed by atoms with Gasteiger partial charge in [0.1, 0.15) is 11.1 Å². The SMILES string of the molecule is Cn1ncc2c(=O)cc(-c3ccccc3)oc21. The van der Waals surface area contributed by atoms with Crippen LogP contribution in [-0.2, 0) is 7.05 Å². The highest BCUT2D eigenvalue weighted by molar-refractivity contribution is 5.75. The van der Waals surface area contributed by atoms with Crippen LogP contribution in [0.25, 0.3) is 22.4 Å². The Morgan fingerprint density at radius 3 is 2.76 bits per heavy atom. The summed E-state index contributed by atoms with van der Waals surface area (Å²) in [6.45, 7) is 0. The quantitative estimate of drug-likeness (QED) is 0.639. The lowest BCUT2D eigenvalue weighted by atomic mass is 10.1. The van der Waals surface area contributed by atoms with Gasteiger partial charge in [0.05, 0.1) is 6.20 Å². The van der Waals surface area contributed by atoms with E-state index in [4.69, 9.17) is 4.42 Å². The first-order valence-corrected chi connectivity index (χ1v) is 5.27. The lowest BCUT2D eigenvalue weighted by Crippen LogP contribution is -2.00. The van der Waals surface area contributed by atoms with E-state index in [0.29, 0.717) is 16.9 Å². The minimum Gasteiger partial charge on any atom is -0.438 e. The van der Waals surface area contributed by atoms with Crippen molar-refractivity contribution in [3.05, 3.63) is 52.8 Å². The average Bonchev–Trinajstić information content (AvgIpc) is 2.73. The Labute approximate surface area is 97.1 Å². The maximum absolute atomic E-state index is 11.9. The van der Waals surface area contributed by atoms with Crippen molar-refractivity contribution in [1.82, 2.24) is 9.78 Å². The van der Waals surface area contributed by atoms with E-state index in [2.05, 4.69) is 5.10 Å². The summed E-state index contributed by atoms with van der Waals surface area (Å²) in [4.78, 5) is 11.9. The van der Waals surface area contributed by atoms with E-state index in [1.807, 2.05) is 30.3 Å². The van der Waals surface area contributed by atoms with Crippen LogP contribution in [0, 0.1) is 0 Å². The molecule has 4 nitrogen and oxygen atoms in total. The molecule has 0 aliphatic heterocycles. The lowest BCUT2D eigenvalue weighted by Gasteiger charge is -2.00. The standard InChI is InChI=1S/C13H10N2O2/c1-15-13-10(8-14-15)11(16)7-12(17-13)9-5-3-2-4-6-9/h2-8H,1H3. The van der Waals surface area contributed by atoms with Gasteiger partial charge in [0, 0.05) is 18.7 Å². The highest BCUT2D eigenvalue weighted by Crippen LogP contribution is 2.20. The smallest absolute Gasteiger partial charge is 0.228 e. The summed E-state index contributed by atoms with van der Waals surface area (Å²) in [5.41, 5.74) is 1.31. The number of rotatable bonds is 1. The first kappa shape index (κ1) is 9.84. The zero-order valence-corrected chi connectivity index (χ0v) is 9.25. The van der Waals surface area contributed by atoms with Crippen LogP contribution < -0.4 is 5.43 Å². The Morgan fingerprint density at radius 1 is 1.24 bits per heavy atom. The van der Waals surface area contributed by atoms with Gasteiger partial charge in [-0.05, 0) is 0 Å². The third-order valence-corrected chi connectivity index (χ3v) is 2.68. The van der Waals surface area contributed by atoms with Crippen LogP contribution in [0.3, 0.4) is 0 Å². The molecule has 0 atom stereocenters. The number of hydrogen-bond acceptors (Lipinski definition) is 3. The maximum atomic E-state index is 11.9. The number of fused-ring (bicyclic) bond motifs is 1. The van der Waals surface area contributed by atoms with Gasteiger partial charge in [0.2, 0.25) is 5.71 Å². The normalized spacial score (nSPS) is 10.9. The van der Waals surface area contributed by atoms with Crippen LogP contribution in [0.15, 0.2) is 51.8 Å². The van der Waals surface area contributed by atoms with Crippen LogP contribution in [0.4, 0.5) is 0 Å². The lowest BCUT2D eigenvalue weighted by molar-refractivity contribution is 0.570. The molecule has 0 radical (unpaired) electrons. The van der Waals surface area contributed by atoms with Crippen molar-refractivity contribution in [2.45, 2.75) is 0 Å². The fourth-order valence-corrected chi connectivity index (χ4v) is 1.79. The van der Waals surface area contributed by atoms with Crippen molar-refractivity contribution in [2.75, 3.05) is 0 Å². The zero-order valence-electron chi connectivity index (χ0n) is 9.25. The number of nitrogens with zero attached hydrogens (tertiary/aromatic N) is 2. The molecule has 0 bridgehead atoms. The van der Waals surface area contributed by atoms with Gasteiger partial charge in [-0.25, -0.2) is 4.68 Å². The Kier molecular flexibility index (Phi) is 2.08. The molecule has 0 fully saturated rings.